The minimum Gasteiger partial charge on any atom is -0.475 e. The highest BCUT2D eigenvalue weighted by Crippen LogP contribution is 2.35. The molecule has 2 aliphatic heterocycles. The van der Waals surface area contributed by atoms with Crippen molar-refractivity contribution >= 4 is 29.2 Å². The van der Waals surface area contributed by atoms with Crippen LogP contribution < -0.4 is 0 Å². The number of amides is 1. The Balaban J connectivity index is 0.000000276. The van der Waals surface area contributed by atoms with Crippen LogP contribution >= 0.6 is 11.3 Å². The third kappa shape index (κ3) is 8.03. The molecule has 0 aromatic carbocycles. The summed E-state index contributed by atoms with van der Waals surface area (Å²) < 4.78 is 65.6. The Bertz CT molecular complexity index is 1340. The van der Waals surface area contributed by atoms with Crippen molar-refractivity contribution < 1.29 is 50.9 Å². The molecular weight excluding hydrogens is 584 g/mol. The van der Waals surface area contributed by atoms with Gasteiger partial charge in [-0.3, -0.25) is 14.7 Å². The van der Waals surface area contributed by atoms with Crippen molar-refractivity contribution in [2.45, 2.75) is 44.4 Å². The topological polar surface area (TPSA) is 129 Å². The number of alkyl halides is 6. The van der Waals surface area contributed by atoms with Gasteiger partial charge in [-0.05, 0) is 31.2 Å². The van der Waals surface area contributed by atoms with E-state index in [0.29, 0.717) is 6.54 Å². The summed E-state index contributed by atoms with van der Waals surface area (Å²) >= 11 is 1.71. The highest BCUT2D eigenvalue weighted by atomic mass is 32.1. The van der Waals surface area contributed by atoms with Crippen molar-refractivity contribution in [1.29, 1.82) is 0 Å². The van der Waals surface area contributed by atoms with Crippen molar-refractivity contribution in [3.05, 3.63) is 70.2 Å². The largest absolute Gasteiger partial charge is 0.490 e. The molecule has 0 saturated carbocycles. The number of thiazole rings is 1. The Morgan fingerprint density at radius 2 is 1.56 bits per heavy atom. The quantitative estimate of drug-likeness (QED) is 0.426. The highest BCUT2D eigenvalue weighted by molar-refractivity contribution is 7.09. The third-order valence-corrected chi connectivity index (χ3v) is 7.03. The maximum atomic E-state index is 13.2. The fourth-order valence-electron chi connectivity index (χ4n) is 4.25. The standard InChI is InChI=1S/C20H21N5OS.2C2HF3O2/c1-14-19(27-13-22-14)12-23-10-17-18(11-23)25(9-15-5-2-3-7-21-15)20(26)16-6-4-8-24(16)17;2*3-2(4,5)1(6)7/h2-8,13,17-18H,9-12H2,1H3;2*(H,6,7). The molecule has 1 saturated heterocycles. The highest BCUT2D eigenvalue weighted by Gasteiger charge is 2.45. The van der Waals surface area contributed by atoms with Crippen molar-refractivity contribution in [3.63, 3.8) is 0 Å². The van der Waals surface area contributed by atoms with E-state index in [9.17, 15) is 31.1 Å². The number of aryl methyl sites for hydroxylation is 1. The summed E-state index contributed by atoms with van der Waals surface area (Å²) in [6.07, 6.45) is -6.33. The molecule has 41 heavy (non-hydrogen) atoms. The summed E-state index contributed by atoms with van der Waals surface area (Å²) in [5.41, 5.74) is 4.73. The van der Waals surface area contributed by atoms with Crippen LogP contribution in [0.4, 0.5) is 26.3 Å². The number of carboxylic acid groups (broad SMARTS) is 2. The monoisotopic (exact) mass is 607 g/mol. The van der Waals surface area contributed by atoms with Gasteiger partial charge in [0, 0.05) is 36.9 Å². The Morgan fingerprint density at radius 1 is 0.951 bits per heavy atom. The van der Waals surface area contributed by atoms with Crippen molar-refractivity contribution in [2.24, 2.45) is 0 Å². The average molecular weight is 608 g/mol. The van der Waals surface area contributed by atoms with E-state index < -0.39 is 24.3 Å². The first-order valence-corrected chi connectivity index (χ1v) is 12.6. The van der Waals surface area contributed by atoms with Gasteiger partial charge in [-0.25, -0.2) is 14.6 Å². The van der Waals surface area contributed by atoms with E-state index in [1.807, 2.05) is 46.9 Å². The van der Waals surface area contributed by atoms with Gasteiger partial charge >= 0.3 is 24.3 Å². The predicted octanol–water partition coefficient (Wildman–Crippen LogP) is 4.00. The molecule has 5 rings (SSSR count). The van der Waals surface area contributed by atoms with E-state index in [4.69, 9.17) is 19.8 Å². The molecule has 17 heteroatoms. The van der Waals surface area contributed by atoms with Gasteiger partial charge in [0.1, 0.15) is 5.69 Å². The van der Waals surface area contributed by atoms with E-state index in [0.717, 1.165) is 36.7 Å². The Labute approximate surface area is 232 Å². The summed E-state index contributed by atoms with van der Waals surface area (Å²) in [5, 5.41) is 14.2. The van der Waals surface area contributed by atoms with Crippen LogP contribution in [0.1, 0.15) is 32.8 Å². The molecule has 0 aliphatic carbocycles. The van der Waals surface area contributed by atoms with Gasteiger partial charge in [-0.15, -0.1) is 11.3 Å². The van der Waals surface area contributed by atoms with Crippen LogP contribution in [0.15, 0.2) is 48.2 Å². The molecule has 2 atom stereocenters. The zero-order chi connectivity index (χ0) is 30.5. The minimum atomic E-state index is -5.08. The Kier molecular flexibility index (Phi) is 9.75. The molecule has 2 aliphatic rings. The number of nitrogens with zero attached hydrogens (tertiary/aromatic N) is 5. The SMILES string of the molecule is Cc1ncsc1CN1CC2C(C1)n1cccc1C(=O)N2Cc1ccccn1.O=C(O)C(F)(F)F.O=C(O)C(F)(F)F. The number of halogens is 6. The van der Waals surface area contributed by atoms with Crippen LogP contribution in [0.2, 0.25) is 0 Å². The number of pyridine rings is 1. The number of carbonyl (C=O) groups excluding carboxylic acids is 1. The molecule has 0 bridgehead atoms. The number of hydrogen-bond donors (Lipinski definition) is 2. The van der Waals surface area contributed by atoms with Crippen LogP contribution in [0, 0.1) is 6.92 Å². The normalized spacial score (nSPS) is 18.4. The molecule has 0 radical (unpaired) electrons. The summed E-state index contributed by atoms with van der Waals surface area (Å²) in [5.74, 6) is -5.41. The van der Waals surface area contributed by atoms with Crippen LogP contribution in [0.5, 0.6) is 0 Å². The maximum Gasteiger partial charge on any atom is 0.490 e. The second kappa shape index (κ2) is 12.7. The molecular formula is C24H23F6N5O5S. The fourth-order valence-corrected chi connectivity index (χ4v) is 5.07. The number of carboxylic acids is 2. The van der Waals surface area contributed by atoms with Gasteiger partial charge in [0.05, 0.1) is 35.5 Å². The van der Waals surface area contributed by atoms with Crippen LogP contribution in [-0.4, -0.2) is 83.9 Å². The molecule has 10 nitrogen and oxygen atoms in total. The molecule has 3 aromatic rings. The van der Waals surface area contributed by atoms with Crippen molar-refractivity contribution in [1.82, 2.24) is 24.3 Å². The average Bonchev–Trinajstić information content (AvgIpc) is 3.62. The van der Waals surface area contributed by atoms with Gasteiger partial charge in [0.15, 0.2) is 0 Å². The van der Waals surface area contributed by atoms with Gasteiger partial charge in [0.25, 0.3) is 5.91 Å². The smallest absolute Gasteiger partial charge is 0.475 e. The van der Waals surface area contributed by atoms with E-state index >= 15 is 0 Å². The zero-order valence-electron chi connectivity index (χ0n) is 21.1. The Hall–Kier alpha value is -3.99. The first kappa shape index (κ1) is 31.5. The molecule has 5 heterocycles. The molecule has 1 amide bonds. The molecule has 0 spiro atoms. The fraction of sp³-hybridized carbons (Fsp3) is 0.375. The Morgan fingerprint density at radius 3 is 2.07 bits per heavy atom. The second-order valence-electron chi connectivity index (χ2n) is 8.85. The van der Waals surface area contributed by atoms with E-state index in [2.05, 4.69) is 26.4 Å². The summed E-state index contributed by atoms with van der Waals surface area (Å²) in [6.45, 7) is 5.33. The number of aromatic nitrogens is 3. The van der Waals surface area contributed by atoms with Crippen LogP contribution in [-0.2, 0) is 22.7 Å². The number of carbonyl (C=O) groups is 3. The van der Waals surface area contributed by atoms with Gasteiger partial charge < -0.3 is 19.7 Å². The molecule has 2 unspecified atom stereocenters. The number of likely N-dealkylation sites (tertiary alicyclic amines) is 1. The molecule has 3 aromatic heterocycles. The maximum absolute atomic E-state index is 13.2. The van der Waals surface area contributed by atoms with Gasteiger partial charge in [-0.2, -0.15) is 26.3 Å². The first-order chi connectivity index (χ1) is 19.1. The lowest BCUT2D eigenvalue weighted by Gasteiger charge is -2.38. The summed E-state index contributed by atoms with van der Waals surface area (Å²) in [6, 6.07) is 10.2. The van der Waals surface area contributed by atoms with Gasteiger partial charge in [-0.1, -0.05) is 6.07 Å². The number of fused-ring (bicyclic) bond motifs is 3. The predicted molar refractivity (Wildman–Crippen MR) is 131 cm³/mol. The lowest BCUT2D eigenvalue weighted by atomic mass is 10.1. The van der Waals surface area contributed by atoms with Crippen molar-refractivity contribution in [2.75, 3.05) is 13.1 Å². The summed E-state index contributed by atoms with van der Waals surface area (Å²) in [7, 11) is 0. The second-order valence-corrected chi connectivity index (χ2v) is 9.79. The number of aliphatic carboxylic acids is 2. The summed E-state index contributed by atoms with van der Waals surface area (Å²) in [4.78, 5) is 45.5. The third-order valence-electron chi connectivity index (χ3n) is 6.11. The first-order valence-electron chi connectivity index (χ1n) is 11.7. The number of rotatable bonds is 4. The van der Waals surface area contributed by atoms with Crippen LogP contribution in [0.25, 0.3) is 0 Å². The lowest BCUT2D eigenvalue weighted by Crippen LogP contribution is -2.49. The van der Waals surface area contributed by atoms with Crippen molar-refractivity contribution in [3.8, 4) is 0 Å². The van der Waals surface area contributed by atoms with E-state index in [1.54, 1.807) is 17.5 Å². The van der Waals surface area contributed by atoms with E-state index in [1.165, 1.54) is 4.88 Å². The van der Waals surface area contributed by atoms with Gasteiger partial charge in [0.2, 0.25) is 0 Å². The minimum absolute atomic E-state index is 0.0997. The molecule has 1 fully saturated rings. The molecule has 222 valence electrons. The molecule has 2 N–H and O–H groups in total. The number of hydrogen-bond acceptors (Lipinski definition) is 7. The zero-order valence-corrected chi connectivity index (χ0v) is 21.9. The lowest BCUT2D eigenvalue weighted by molar-refractivity contribution is -0.193. The van der Waals surface area contributed by atoms with E-state index in [-0.39, 0.29) is 18.0 Å². The van der Waals surface area contributed by atoms with Crippen LogP contribution in [0.3, 0.4) is 0 Å².